The number of nitrogens with zero attached hydrogens (tertiary/aromatic N) is 4. The van der Waals surface area contributed by atoms with Gasteiger partial charge in [0.05, 0.1) is 17.8 Å². The second kappa shape index (κ2) is 11.3. The molecule has 0 radical (unpaired) electrons. The SMILES string of the molecule is CC(C)c1ccccc1[C@@H]1CCCN1C1CC2(CCN(c3ccc(C(N)=O)c(N4C[C@@H](C)Oc5nc6[nH]ccc6cc54)c3)CC2)C1. The molecule has 3 aliphatic heterocycles. The molecule has 2 saturated heterocycles. The van der Waals surface area contributed by atoms with Gasteiger partial charge in [0, 0.05) is 42.4 Å². The van der Waals surface area contributed by atoms with Crippen LogP contribution in [0.2, 0.25) is 0 Å². The lowest BCUT2D eigenvalue weighted by Gasteiger charge is -2.56. The Morgan fingerprint density at radius 2 is 1.85 bits per heavy atom. The van der Waals surface area contributed by atoms with Crippen LogP contribution < -0.4 is 20.3 Å². The first-order valence-electron chi connectivity index (χ1n) is 17.2. The fraction of sp³-hybridized carbons (Fsp3) is 0.474. The van der Waals surface area contributed by atoms with Gasteiger partial charge in [-0.05, 0) is 105 Å². The largest absolute Gasteiger partial charge is 0.471 e. The van der Waals surface area contributed by atoms with Crippen molar-refractivity contribution in [3.8, 4) is 5.88 Å². The second-order valence-electron chi connectivity index (χ2n) is 14.6. The number of carbonyl (C=O) groups excluding carboxylic acids is 1. The number of pyridine rings is 1. The summed E-state index contributed by atoms with van der Waals surface area (Å²) in [6.45, 7) is 10.6. The summed E-state index contributed by atoms with van der Waals surface area (Å²) in [5, 5.41) is 1.00. The number of piperidine rings is 1. The van der Waals surface area contributed by atoms with Gasteiger partial charge in [0.2, 0.25) is 5.88 Å². The van der Waals surface area contributed by atoms with Gasteiger partial charge < -0.3 is 25.3 Å². The van der Waals surface area contributed by atoms with Crippen LogP contribution in [0.3, 0.4) is 0 Å². The number of primary amides is 1. The van der Waals surface area contributed by atoms with Gasteiger partial charge >= 0.3 is 0 Å². The average Bonchev–Trinajstić information content (AvgIpc) is 3.71. The van der Waals surface area contributed by atoms with Crippen molar-refractivity contribution in [3.05, 3.63) is 77.5 Å². The quantitative estimate of drug-likeness (QED) is 0.236. The summed E-state index contributed by atoms with van der Waals surface area (Å²) in [4.78, 5) is 28.1. The molecule has 8 rings (SSSR count). The van der Waals surface area contributed by atoms with Gasteiger partial charge in [-0.3, -0.25) is 9.69 Å². The number of benzene rings is 2. The summed E-state index contributed by atoms with van der Waals surface area (Å²) < 4.78 is 6.14. The number of H-pyrrole nitrogens is 1. The van der Waals surface area contributed by atoms with E-state index in [-0.39, 0.29) is 6.10 Å². The van der Waals surface area contributed by atoms with E-state index in [1.54, 1.807) is 5.56 Å². The number of nitrogens with one attached hydrogen (secondary N) is 1. The van der Waals surface area contributed by atoms with Crippen LogP contribution in [-0.2, 0) is 0 Å². The van der Waals surface area contributed by atoms with E-state index in [4.69, 9.17) is 15.5 Å². The van der Waals surface area contributed by atoms with Gasteiger partial charge in [-0.1, -0.05) is 38.1 Å². The number of likely N-dealkylation sites (tertiary alicyclic amines) is 1. The van der Waals surface area contributed by atoms with Crippen molar-refractivity contribution in [2.24, 2.45) is 11.1 Å². The number of hydrogen-bond acceptors (Lipinski definition) is 6. The van der Waals surface area contributed by atoms with Crippen molar-refractivity contribution >= 4 is 34.0 Å². The highest BCUT2D eigenvalue weighted by Gasteiger charge is 2.50. The molecular weight excluding hydrogens is 572 g/mol. The summed E-state index contributed by atoms with van der Waals surface area (Å²) in [5.74, 6) is 0.704. The van der Waals surface area contributed by atoms with Crippen LogP contribution in [0.1, 0.15) is 92.7 Å². The molecule has 8 heteroatoms. The molecule has 3 fully saturated rings. The zero-order valence-electron chi connectivity index (χ0n) is 27.3. The molecule has 1 aliphatic carbocycles. The molecule has 4 aromatic rings. The third-order valence-corrected chi connectivity index (χ3v) is 11.3. The molecule has 1 amide bonds. The summed E-state index contributed by atoms with van der Waals surface area (Å²) >= 11 is 0. The molecule has 8 nitrogen and oxygen atoms in total. The Morgan fingerprint density at radius 1 is 1.04 bits per heavy atom. The van der Waals surface area contributed by atoms with E-state index in [0.29, 0.717) is 41.4 Å². The van der Waals surface area contributed by atoms with Gasteiger partial charge in [-0.15, -0.1) is 0 Å². The third-order valence-electron chi connectivity index (χ3n) is 11.3. The van der Waals surface area contributed by atoms with Crippen LogP contribution in [-0.4, -0.2) is 59.1 Å². The van der Waals surface area contributed by atoms with Crippen LogP contribution in [0.25, 0.3) is 11.0 Å². The van der Waals surface area contributed by atoms with E-state index in [0.717, 1.165) is 41.2 Å². The van der Waals surface area contributed by atoms with Crippen molar-refractivity contribution in [2.45, 2.75) is 83.4 Å². The maximum Gasteiger partial charge on any atom is 0.250 e. The molecule has 3 N–H and O–H groups in total. The predicted molar refractivity (Wildman–Crippen MR) is 184 cm³/mol. The number of ether oxygens (including phenoxy) is 1. The molecule has 2 atom stereocenters. The van der Waals surface area contributed by atoms with Crippen LogP contribution in [0.5, 0.6) is 5.88 Å². The van der Waals surface area contributed by atoms with E-state index < -0.39 is 5.91 Å². The van der Waals surface area contributed by atoms with Crippen molar-refractivity contribution in [1.82, 2.24) is 14.9 Å². The molecule has 240 valence electrons. The zero-order valence-corrected chi connectivity index (χ0v) is 27.3. The van der Waals surface area contributed by atoms with Crippen LogP contribution in [0.4, 0.5) is 17.1 Å². The number of aromatic amines is 1. The molecule has 5 heterocycles. The lowest BCUT2D eigenvalue weighted by molar-refractivity contribution is -0.0227. The maximum absolute atomic E-state index is 12.7. The monoisotopic (exact) mass is 618 g/mol. The summed E-state index contributed by atoms with van der Waals surface area (Å²) in [5.41, 5.74) is 13.6. The average molecular weight is 619 g/mol. The second-order valence-corrected chi connectivity index (χ2v) is 14.6. The van der Waals surface area contributed by atoms with E-state index in [1.807, 2.05) is 25.3 Å². The number of amides is 1. The number of carbonyl (C=O) groups is 1. The summed E-state index contributed by atoms with van der Waals surface area (Å²) in [6, 6.07) is 20.7. The Hall–Kier alpha value is -4.04. The lowest BCUT2D eigenvalue weighted by atomic mass is 9.59. The molecule has 1 saturated carbocycles. The molecular formula is C38H46N6O2. The lowest BCUT2D eigenvalue weighted by Crippen LogP contribution is -2.55. The molecule has 46 heavy (non-hydrogen) atoms. The minimum Gasteiger partial charge on any atom is -0.471 e. The molecule has 2 aromatic carbocycles. The summed E-state index contributed by atoms with van der Waals surface area (Å²) in [7, 11) is 0. The van der Waals surface area contributed by atoms with Gasteiger partial charge in [0.15, 0.2) is 0 Å². The number of anilines is 3. The minimum atomic E-state index is -0.424. The number of fused-ring (bicyclic) bond motifs is 2. The van der Waals surface area contributed by atoms with E-state index in [9.17, 15) is 4.79 Å². The van der Waals surface area contributed by atoms with Crippen LogP contribution >= 0.6 is 0 Å². The zero-order chi connectivity index (χ0) is 31.6. The Kier molecular flexibility index (Phi) is 7.24. The van der Waals surface area contributed by atoms with E-state index >= 15 is 0 Å². The predicted octanol–water partition coefficient (Wildman–Crippen LogP) is 7.29. The van der Waals surface area contributed by atoms with Gasteiger partial charge in [-0.2, -0.15) is 4.98 Å². The highest BCUT2D eigenvalue weighted by Crippen LogP contribution is 2.54. The number of rotatable bonds is 6. The fourth-order valence-corrected chi connectivity index (χ4v) is 8.92. The Balaban J connectivity index is 0.991. The molecule has 2 aromatic heterocycles. The van der Waals surface area contributed by atoms with Crippen LogP contribution in [0.15, 0.2) is 60.8 Å². The van der Waals surface area contributed by atoms with Crippen molar-refractivity contribution in [3.63, 3.8) is 0 Å². The topological polar surface area (TPSA) is 90.7 Å². The Morgan fingerprint density at radius 3 is 2.63 bits per heavy atom. The maximum atomic E-state index is 12.7. The number of nitrogens with two attached hydrogens (primary N) is 1. The van der Waals surface area contributed by atoms with E-state index in [1.165, 1.54) is 50.6 Å². The van der Waals surface area contributed by atoms with Crippen molar-refractivity contribution in [1.29, 1.82) is 0 Å². The number of hydrogen-bond donors (Lipinski definition) is 2. The molecule has 1 spiro atoms. The first kappa shape index (κ1) is 29.4. The standard InChI is InChI=1S/C38H46N6O2/c1-24(2)29-7-4-5-8-30(29)32-9-6-16-43(32)28-21-38(22-28)13-17-42(18-14-38)27-10-11-31(35(39)45)33(20-27)44-23-25(3)46-37-34(44)19-26-12-15-40-36(26)41-37/h4-5,7-8,10-12,15,19-20,24-25,28,32H,6,9,13-14,16-18,21-23H2,1-3H3,(H2,39,45)(H,40,41)/t25-,32+/m1/s1. The number of aromatic nitrogens is 2. The van der Waals surface area contributed by atoms with Crippen molar-refractivity contribution in [2.75, 3.05) is 36.0 Å². The van der Waals surface area contributed by atoms with Crippen LogP contribution in [0, 0.1) is 5.41 Å². The van der Waals surface area contributed by atoms with Gasteiger partial charge in [0.1, 0.15) is 17.4 Å². The van der Waals surface area contributed by atoms with Gasteiger partial charge in [-0.25, -0.2) is 0 Å². The molecule has 0 unspecified atom stereocenters. The fourth-order valence-electron chi connectivity index (χ4n) is 8.92. The Labute approximate surface area is 271 Å². The Bertz CT molecular complexity index is 1760. The minimum absolute atomic E-state index is 0.0905. The highest BCUT2D eigenvalue weighted by molar-refractivity contribution is 6.01. The molecule has 0 bridgehead atoms. The first-order valence-corrected chi connectivity index (χ1v) is 17.2. The molecule has 4 aliphatic rings. The normalized spacial score (nSPS) is 23.1. The van der Waals surface area contributed by atoms with Crippen molar-refractivity contribution < 1.29 is 9.53 Å². The van der Waals surface area contributed by atoms with Gasteiger partial charge in [0.25, 0.3) is 5.91 Å². The smallest absolute Gasteiger partial charge is 0.250 e. The summed E-state index contributed by atoms with van der Waals surface area (Å²) in [6.07, 6.45) is 9.43. The van der Waals surface area contributed by atoms with E-state index in [2.05, 4.69) is 76.0 Å². The highest BCUT2D eigenvalue weighted by atomic mass is 16.5. The first-order chi connectivity index (χ1) is 22.3. The third kappa shape index (κ3) is 5.02.